The van der Waals surface area contributed by atoms with E-state index in [1.165, 1.54) is 5.19 Å². The van der Waals surface area contributed by atoms with Crippen LogP contribution in [0, 0.1) is 5.92 Å². The Morgan fingerprint density at radius 1 is 0.912 bits per heavy atom. The highest BCUT2D eigenvalue weighted by molar-refractivity contribution is 6.91. The van der Waals surface area contributed by atoms with Crippen molar-refractivity contribution in [2.45, 2.75) is 102 Å². The standard InChI is InChI=1S/C44H54N6O6Si/c1-30-42(57(3,4)36-17-15-35(55-2)16-18-36)39(20-24-47-29-32(21-25-51)45-46-47)56-44(30)37-27-34(49-23-8-6-13-41(49)53)14-19-38(37)50(43(44)54)28-31-10-9-11-33(26-31)48-22-7-5-12-40(48)52/h9-11,14-19,26-27,29-30,39,42,51H,5-8,12-13,20-25,28H2,1-4H3/t30-,39+,42-,44+/m1/s1. The molecule has 3 amide bonds. The van der Waals surface area contributed by atoms with E-state index in [9.17, 15) is 14.7 Å². The third kappa shape index (κ3) is 7.07. The predicted molar refractivity (Wildman–Crippen MR) is 221 cm³/mol. The van der Waals surface area contributed by atoms with Crippen LogP contribution in [0.15, 0.2) is 72.9 Å². The third-order valence-corrected chi connectivity index (χ3v) is 17.3. The van der Waals surface area contributed by atoms with E-state index in [4.69, 9.17) is 9.47 Å². The van der Waals surface area contributed by atoms with E-state index in [1.54, 1.807) is 11.8 Å². The van der Waals surface area contributed by atoms with Crippen molar-refractivity contribution in [1.82, 2.24) is 15.0 Å². The maximum Gasteiger partial charge on any atom is 0.264 e. The molecule has 4 atom stereocenters. The topological polar surface area (TPSA) is 130 Å². The molecule has 1 spiro atoms. The molecule has 1 N–H and O–H groups in total. The summed E-state index contributed by atoms with van der Waals surface area (Å²) in [6, 6.07) is 22.4. The van der Waals surface area contributed by atoms with Crippen LogP contribution in [-0.2, 0) is 44.2 Å². The largest absolute Gasteiger partial charge is 0.497 e. The maximum atomic E-state index is 15.6. The Morgan fingerprint density at radius 2 is 1.61 bits per heavy atom. The smallest absolute Gasteiger partial charge is 0.264 e. The van der Waals surface area contributed by atoms with Crippen LogP contribution in [0.4, 0.5) is 17.1 Å². The van der Waals surface area contributed by atoms with Gasteiger partial charge in [0.05, 0.1) is 39.2 Å². The first kappa shape index (κ1) is 39.0. The molecule has 3 saturated heterocycles. The molecule has 4 aromatic rings. The molecule has 3 aromatic carbocycles. The third-order valence-electron chi connectivity index (χ3n) is 12.9. The summed E-state index contributed by atoms with van der Waals surface area (Å²) in [7, 11) is -0.745. The van der Waals surface area contributed by atoms with Gasteiger partial charge < -0.3 is 29.3 Å². The zero-order chi connectivity index (χ0) is 39.9. The molecule has 0 radical (unpaired) electrons. The van der Waals surface area contributed by atoms with Gasteiger partial charge in [-0.05, 0) is 85.7 Å². The van der Waals surface area contributed by atoms with Gasteiger partial charge in [0.2, 0.25) is 11.8 Å². The number of nitrogens with zero attached hydrogens (tertiary/aromatic N) is 6. The van der Waals surface area contributed by atoms with Gasteiger partial charge in [0.15, 0.2) is 5.60 Å². The molecule has 12 nitrogen and oxygen atoms in total. The van der Waals surface area contributed by atoms with E-state index in [1.807, 2.05) is 69.4 Å². The minimum atomic E-state index is -2.42. The maximum absolute atomic E-state index is 15.6. The fourth-order valence-electron chi connectivity index (χ4n) is 10.00. The SMILES string of the molecule is COc1ccc([Si](C)(C)[C@H]2[C@H](CCn3cc(CCO)nn3)O[C@@]3(C(=O)N(Cc4cccc(N5CCCCC5=O)c4)c4ccc(N5CCCCC5=O)cc43)[C@@H]2C)cc1. The van der Waals surface area contributed by atoms with Crippen molar-refractivity contribution < 1.29 is 29.0 Å². The number of amides is 3. The van der Waals surface area contributed by atoms with Gasteiger partial charge in [-0.25, -0.2) is 0 Å². The number of fused-ring (bicyclic) bond motifs is 2. The highest BCUT2D eigenvalue weighted by atomic mass is 28.3. The zero-order valence-corrected chi connectivity index (χ0v) is 34.5. The van der Waals surface area contributed by atoms with Crippen LogP contribution in [0.3, 0.4) is 0 Å². The minimum absolute atomic E-state index is 0.00209. The number of rotatable bonds is 12. The van der Waals surface area contributed by atoms with Crippen LogP contribution in [0.2, 0.25) is 18.6 Å². The number of carbonyl (C=O) groups excluding carboxylic acids is 3. The molecule has 0 saturated carbocycles. The van der Waals surface area contributed by atoms with Crippen LogP contribution < -0.4 is 24.6 Å². The summed E-state index contributed by atoms with van der Waals surface area (Å²) < 4.78 is 14.8. The van der Waals surface area contributed by atoms with Gasteiger partial charge in [0.25, 0.3) is 5.91 Å². The second-order valence-corrected chi connectivity index (χ2v) is 21.3. The van der Waals surface area contributed by atoms with E-state index in [2.05, 4.69) is 48.5 Å². The fraction of sp³-hybridized carbons (Fsp3) is 0.477. The highest BCUT2D eigenvalue weighted by Crippen LogP contribution is 2.60. The lowest BCUT2D eigenvalue weighted by Gasteiger charge is -2.37. The molecule has 8 rings (SSSR count). The summed E-state index contributed by atoms with van der Waals surface area (Å²) in [5.41, 5.74) is 3.59. The summed E-state index contributed by atoms with van der Waals surface area (Å²) in [6.07, 6.45) is 7.32. The van der Waals surface area contributed by atoms with E-state index >= 15 is 4.79 Å². The Hall–Kier alpha value is -4.85. The molecule has 0 unspecified atom stereocenters. The van der Waals surface area contributed by atoms with Gasteiger partial charge in [-0.15, -0.1) is 5.10 Å². The number of piperidine rings is 2. The van der Waals surface area contributed by atoms with Crippen LogP contribution in [0.1, 0.15) is 68.7 Å². The Balaban J connectivity index is 1.21. The molecule has 57 heavy (non-hydrogen) atoms. The summed E-state index contributed by atoms with van der Waals surface area (Å²) in [5.74, 6) is 0.681. The number of aryl methyl sites for hydroxylation is 1. The van der Waals surface area contributed by atoms with E-state index < -0.39 is 13.7 Å². The first-order valence-electron chi connectivity index (χ1n) is 20.5. The number of aliphatic hydroxyl groups is 1. The first-order valence-corrected chi connectivity index (χ1v) is 23.6. The van der Waals surface area contributed by atoms with E-state index in [-0.39, 0.29) is 41.9 Å². The van der Waals surface area contributed by atoms with Crippen molar-refractivity contribution in [2.24, 2.45) is 5.92 Å². The molecular weight excluding hydrogens is 737 g/mol. The summed E-state index contributed by atoms with van der Waals surface area (Å²) in [4.78, 5) is 47.4. The Bertz CT molecular complexity index is 2140. The van der Waals surface area contributed by atoms with E-state index in [0.29, 0.717) is 51.9 Å². The van der Waals surface area contributed by atoms with Crippen molar-refractivity contribution in [3.63, 3.8) is 0 Å². The molecule has 300 valence electrons. The van der Waals surface area contributed by atoms with Gasteiger partial charge in [0.1, 0.15) is 5.75 Å². The van der Waals surface area contributed by atoms with Crippen molar-refractivity contribution in [2.75, 3.05) is 41.5 Å². The number of carbonyl (C=O) groups is 3. The van der Waals surface area contributed by atoms with Gasteiger partial charge in [-0.1, -0.05) is 54.7 Å². The van der Waals surface area contributed by atoms with Crippen LogP contribution in [0.25, 0.3) is 0 Å². The number of ether oxygens (including phenoxy) is 2. The predicted octanol–water partition coefficient (Wildman–Crippen LogP) is 5.71. The van der Waals surface area contributed by atoms with Gasteiger partial charge in [-0.2, -0.15) is 0 Å². The monoisotopic (exact) mass is 790 g/mol. The number of aliphatic hydroxyl groups excluding tert-OH is 1. The number of hydrogen-bond acceptors (Lipinski definition) is 8. The number of benzene rings is 3. The molecule has 5 heterocycles. The molecule has 13 heteroatoms. The van der Waals surface area contributed by atoms with Crippen molar-refractivity contribution >= 4 is 48.0 Å². The van der Waals surface area contributed by atoms with Crippen molar-refractivity contribution in [3.05, 3.63) is 89.7 Å². The van der Waals surface area contributed by atoms with Gasteiger partial charge in [0, 0.05) is 74.6 Å². The van der Waals surface area contributed by atoms with Crippen LogP contribution >= 0.6 is 0 Å². The highest BCUT2D eigenvalue weighted by Gasteiger charge is 2.66. The Labute approximate surface area is 335 Å². The molecule has 3 fully saturated rings. The summed E-state index contributed by atoms with van der Waals surface area (Å²) in [6.45, 7) is 9.09. The number of aromatic nitrogens is 3. The molecule has 1 aromatic heterocycles. The van der Waals surface area contributed by atoms with Gasteiger partial charge >= 0.3 is 0 Å². The Morgan fingerprint density at radius 3 is 2.28 bits per heavy atom. The van der Waals surface area contributed by atoms with Crippen molar-refractivity contribution in [3.8, 4) is 5.75 Å². The lowest BCUT2D eigenvalue weighted by atomic mass is 9.82. The van der Waals surface area contributed by atoms with E-state index in [0.717, 1.165) is 65.3 Å². The molecular formula is C44H54N6O6Si. The molecule has 4 aliphatic heterocycles. The second kappa shape index (κ2) is 15.8. The Kier molecular flexibility index (Phi) is 10.8. The first-order chi connectivity index (χ1) is 27.5. The molecule has 4 aliphatic rings. The molecule has 0 aliphatic carbocycles. The summed E-state index contributed by atoms with van der Waals surface area (Å²) in [5, 5.41) is 19.3. The van der Waals surface area contributed by atoms with Crippen LogP contribution in [0.5, 0.6) is 5.75 Å². The van der Waals surface area contributed by atoms with Crippen molar-refractivity contribution in [1.29, 1.82) is 0 Å². The number of hydrogen-bond donors (Lipinski definition) is 1. The molecule has 0 bridgehead atoms. The average molecular weight is 791 g/mol. The summed E-state index contributed by atoms with van der Waals surface area (Å²) >= 11 is 0. The van der Waals surface area contributed by atoms with Crippen LogP contribution in [-0.4, -0.2) is 78.8 Å². The fourth-order valence-corrected chi connectivity index (χ4v) is 14.1. The lowest BCUT2D eigenvalue weighted by Crippen LogP contribution is -2.51. The normalized spacial score (nSPS) is 23.8. The lowest BCUT2D eigenvalue weighted by molar-refractivity contribution is -0.146. The minimum Gasteiger partial charge on any atom is -0.497 e. The number of methoxy groups -OCH3 is 1. The zero-order valence-electron chi connectivity index (χ0n) is 33.5. The van der Waals surface area contributed by atoms with Gasteiger partial charge in [-0.3, -0.25) is 19.1 Å². The second-order valence-electron chi connectivity index (χ2n) is 16.7. The average Bonchev–Trinajstić information content (AvgIpc) is 3.87. The quantitative estimate of drug-likeness (QED) is 0.181. The number of anilines is 3.